The quantitative estimate of drug-likeness (QED) is 0.898. The molecule has 3 nitrogen and oxygen atoms in total. The van der Waals surface area contributed by atoms with Crippen LogP contribution in [0.3, 0.4) is 0 Å². The lowest BCUT2D eigenvalue weighted by Crippen LogP contribution is -2.21. The van der Waals surface area contributed by atoms with Crippen LogP contribution in [0.5, 0.6) is 5.75 Å². The summed E-state index contributed by atoms with van der Waals surface area (Å²) in [5.74, 6) is 1.60. The van der Waals surface area contributed by atoms with E-state index in [-0.39, 0.29) is 0 Å². The van der Waals surface area contributed by atoms with E-state index in [2.05, 4.69) is 12.2 Å². The Labute approximate surface area is 105 Å². The van der Waals surface area contributed by atoms with Gasteiger partial charge in [0.2, 0.25) is 0 Å². The van der Waals surface area contributed by atoms with E-state index in [1.165, 1.54) is 0 Å². The number of nitrogens with one attached hydrogen (secondary N) is 1. The summed E-state index contributed by atoms with van der Waals surface area (Å²) >= 11 is 0. The molecule has 0 aliphatic carbocycles. The number of hydrogen-bond donors (Lipinski definition) is 1. The Bertz CT molecular complexity index is 420. The van der Waals surface area contributed by atoms with Gasteiger partial charge in [0.25, 0.3) is 0 Å². The molecule has 0 saturated heterocycles. The van der Waals surface area contributed by atoms with Gasteiger partial charge in [-0.1, -0.05) is 6.92 Å². The van der Waals surface area contributed by atoms with Gasteiger partial charge in [-0.3, -0.25) is 4.21 Å². The lowest BCUT2D eigenvalue weighted by Gasteiger charge is -2.18. The molecule has 1 aromatic rings. The summed E-state index contributed by atoms with van der Waals surface area (Å²) in [6.07, 6.45) is 2.04. The molecule has 0 aromatic heterocycles. The van der Waals surface area contributed by atoms with Gasteiger partial charge in [-0.15, -0.1) is 0 Å². The summed E-state index contributed by atoms with van der Waals surface area (Å²) in [4.78, 5) is 0.967. The smallest absolute Gasteiger partial charge is 0.119 e. The van der Waals surface area contributed by atoms with E-state index in [0.29, 0.717) is 6.04 Å². The van der Waals surface area contributed by atoms with Crippen LogP contribution >= 0.6 is 0 Å². The van der Waals surface area contributed by atoms with Crippen molar-refractivity contribution in [1.29, 1.82) is 0 Å². The number of methoxy groups -OCH3 is 1. The van der Waals surface area contributed by atoms with Gasteiger partial charge in [0.05, 0.1) is 17.9 Å². The molecule has 0 saturated carbocycles. The molecule has 4 heteroatoms. The Kier molecular flexibility index (Phi) is 4.18. The predicted molar refractivity (Wildman–Crippen MR) is 69.9 cm³/mol. The first-order chi connectivity index (χ1) is 8.26. The average Bonchev–Trinajstić information content (AvgIpc) is 2.50. The molecule has 1 N–H and O–H groups in total. The third-order valence-electron chi connectivity index (χ3n) is 3.11. The summed E-state index contributed by atoms with van der Waals surface area (Å²) in [7, 11) is 0.802. The molecule has 0 amide bonds. The fraction of sp³-hybridized carbons (Fsp3) is 0.538. The molecule has 1 aromatic carbocycles. The molecule has 0 fully saturated rings. The van der Waals surface area contributed by atoms with Crippen LogP contribution < -0.4 is 10.1 Å². The van der Waals surface area contributed by atoms with Crippen LogP contribution in [0.4, 0.5) is 0 Å². The summed E-state index contributed by atoms with van der Waals surface area (Å²) in [5, 5.41) is 3.46. The molecule has 17 heavy (non-hydrogen) atoms. The highest BCUT2D eigenvalue weighted by atomic mass is 32.2. The second kappa shape index (κ2) is 5.65. The Morgan fingerprint density at radius 2 is 2.35 bits per heavy atom. The Hall–Kier alpha value is -0.870. The summed E-state index contributed by atoms with van der Waals surface area (Å²) in [6, 6.07) is 6.16. The molecule has 1 aliphatic heterocycles. The molecule has 0 radical (unpaired) electrons. The maximum Gasteiger partial charge on any atom is 0.119 e. The fourth-order valence-corrected chi connectivity index (χ4v) is 3.61. The maximum absolute atomic E-state index is 12.1. The average molecular weight is 253 g/mol. The van der Waals surface area contributed by atoms with E-state index in [9.17, 15) is 4.21 Å². The van der Waals surface area contributed by atoms with Crippen LogP contribution in [0.25, 0.3) is 0 Å². The van der Waals surface area contributed by atoms with Crippen LogP contribution in [-0.2, 0) is 10.8 Å². The zero-order valence-electron chi connectivity index (χ0n) is 10.4. The van der Waals surface area contributed by atoms with Gasteiger partial charge in [-0.25, -0.2) is 0 Å². The molecule has 0 bridgehead atoms. The number of ether oxygens (including phenoxy) is 1. The second-order valence-electron chi connectivity index (χ2n) is 4.21. The first kappa shape index (κ1) is 12.6. The van der Waals surface area contributed by atoms with E-state index in [1.54, 1.807) is 7.11 Å². The van der Waals surface area contributed by atoms with Gasteiger partial charge >= 0.3 is 0 Å². The van der Waals surface area contributed by atoms with Crippen LogP contribution in [0.1, 0.15) is 31.4 Å². The van der Waals surface area contributed by atoms with Crippen molar-refractivity contribution in [1.82, 2.24) is 5.32 Å². The summed E-state index contributed by atoms with van der Waals surface area (Å²) < 4.78 is 17.4. The van der Waals surface area contributed by atoms with Crippen LogP contribution in [0.2, 0.25) is 0 Å². The van der Waals surface area contributed by atoms with E-state index in [4.69, 9.17) is 4.74 Å². The lowest BCUT2D eigenvalue weighted by molar-refractivity contribution is 0.411. The van der Waals surface area contributed by atoms with Crippen molar-refractivity contribution in [2.75, 3.05) is 19.4 Å². The van der Waals surface area contributed by atoms with Gasteiger partial charge < -0.3 is 10.1 Å². The molecule has 94 valence electrons. The normalized spacial score (nSPS) is 23.9. The zero-order valence-corrected chi connectivity index (χ0v) is 11.2. The highest BCUT2D eigenvalue weighted by Gasteiger charge is 2.22. The number of fused-ring (bicyclic) bond motifs is 1. The highest BCUT2D eigenvalue weighted by Crippen LogP contribution is 2.31. The van der Waals surface area contributed by atoms with Gasteiger partial charge in [-0.05, 0) is 43.1 Å². The van der Waals surface area contributed by atoms with Crippen molar-refractivity contribution in [3.05, 3.63) is 23.8 Å². The van der Waals surface area contributed by atoms with E-state index >= 15 is 0 Å². The van der Waals surface area contributed by atoms with Gasteiger partial charge in [0.1, 0.15) is 5.75 Å². The standard InChI is InChI=1S/C13H19NO2S/c1-3-14-12-5-4-8-17(15)13-7-6-10(16-2)9-11(12)13/h6-7,9,12,14H,3-5,8H2,1-2H3. The first-order valence-corrected chi connectivity index (χ1v) is 7.38. The molecule has 1 heterocycles. The fourth-order valence-electron chi connectivity index (χ4n) is 2.28. The third-order valence-corrected chi connectivity index (χ3v) is 4.63. The van der Waals surface area contributed by atoms with Crippen molar-refractivity contribution in [3.63, 3.8) is 0 Å². The van der Waals surface area contributed by atoms with E-state index < -0.39 is 10.8 Å². The van der Waals surface area contributed by atoms with Gasteiger partial charge in [0.15, 0.2) is 0 Å². The van der Waals surface area contributed by atoms with Gasteiger partial charge in [-0.2, -0.15) is 0 Å². The minimum atomic E-state index is -0.863. The summed E-state index contributed by atoms with van der Waals surface area (Å²) in [6.45, 7) is 3.02. The minimum absolute atomic E-state index is 0.302. The van der Waals surface area contributed by atoms with Crippen molar-refractivity contribution < 1.29 is 8.95 Å². The van der Waals surface area contributed by atoms with Crippen LogP contribution in [-0.4, -0.2) is 23.6 Å². The van der Waals surface area contributed by atoms with E-state index in [1.807, 2.05) is 18.2 Å². The largest absolute Gasteiger partial charge is 0.497 e. The van der Waals surface area contributed by atoms with Gasteiger partial charge in [0, 0.05) is 16.7 Å². The SMILES string of the molecule is CCNC1CCCS(=O)c2ccc(OC)cc21. The zero-order chi connectivity index (χ0) is 12.3. The minimum Gasteiger partial charge on any atom is -0.497 e. The molecular formula is C13H19NO2S. The Morgan fingerprint density at radius 1 is 1.53 bits per heavy atom. The monoisotopic (exact) mass is 253 g/mol. The third kappa shape index (κ3) is 2.69. The van der Waals surface area contributed by atoms with Crippen molar-refractivity contribution >= 4 is 10.8 Å². The predicted octanol–water partition coefficient (Wildman–Crippen LogP) is 2.25. The van der Waals surface area contributed by atoms with E-state index in [0.717, 1.165) is 41.3 Å². The topological polar surface area (TPSA) is 38.3 Å². The van der Waals surface area contributed by atoms with Crippen molar-refractivity contribution in [2.24, 2.45) is 0 Å². The Morgan fingerprint density at radius 3 is 3.06 bits per heavy atom. The second-order valence-corrected chi connectivity index (χ2v) is 5.75. The lowest BCUT2D eigenvalue weighted by atomic mass is 10.0. The Balaban J connectivity index is 2.43. The van der Waals surface area contributed by atoms with Crippen molar-refractivity contribution in [3.8, 4) is 5.75 Å². The molecular weight excluding hydrogens is 234 g/mol. The number of rotatable bonds is 3. The molecule has 0 spiro atoms. The van der Waals surface area contributed by atoms with Crippen LogP contribution in [0, 0.1) is 0 Å². The number of hydrogen-bond acceptors (Lipinski definition) is 3. The van der Waals surface area contributed by atoms with Crippen LogP contribution in [0.15, 0.2) is 23.1 Å². The molecule has 2 atom stereocenters. The molecule has 2 rings (SSSR count). The molecule has 2 unspecified atom stereocenters. The summed E-state index contributed by atoms with van der Waals surface area (Å²) in [5.41, 5.74) is 1.14. The maximum atomic E-state index is 12.1. The highest BCUT2D eigenvalue weighted by molar-refractivity contribution is 7.85. The molecule has 1 aliphatic rings. The first-order valence-electron chi connectivity index (χ1n) is 6.06. The number of benzene rings is 1. The van der Waals surface area contributed by atoms with Crippen molar-refractivity contribution in [2.45, 2.75) is 30.7 Å².